The molecule has 0 saturated heterocycles. The summed E-state index contributed by atoms with van der Waals surface area (Å²) in [6.07, 6.45) is 6.74. The summed E-state index contributed by atoms with van der Waals surface area (Å²) in [6, 6.07) is 12.8. The van der Waals surface area contributed by atoms with Crippen LogP contribution >= 0.6 is 11.6 Å². The van der Waals surface area contributed by atoms with Crippen LogP contribution in [0.2, 0.25) is 5.02 Å². The lowest BCUT2D eigenvalue weighted by Crippen LogP contribution is -2.12. The van der Waals surface area contributed by atoms with Crippen molar-refractivity contribution in [2.75, 3.05) is 5.32 Å². The highest BCUT2D eigenvalue weighted by Crippen LogP contribution is 2.19. The summed E-state index contributed by atoms with van der Waals surface area (Å²) in [4.78, 5) is 16.4. The molecule has 0 saturated carbocycles. The maximum atomic E-state index is 12.4. The molecule has 1 amide bonds. The molecule has 0 radical (unpaired) electrons. The molecule has 8 heteroatoms. The first-order chi connectivity index (χ1) is 13.2. The smallest absolute Gasteiger partial charge is 0.256 e. The van der Waals surface area contributed by atoms with E-state index < -0.39 is 0 Å². The zero-order valence-electron chi connectivity index (χ0n) is 14.1. The van der Waals surface area contributed by atoms with E-state index in [1.54, 1.807) is 47.7 Å². The molecule has 0 aliphatic carbocycles. The monoisotopic (exact) mass is 378 g/mol. The lowest BCUT2D eigenvalue weighted by Gasteiger charge is -2.05. The normalized spacial score (nSPS) is 10.7. The Morgan fingerprint density at radius 1 is 1.15 bits per heavy atom. The number of anilines is 1. The highest BCUT2D eigenvalue weighted by atomic mass is 35.5. The summed E-state index contributed by atoms with van der Waals surface area (Å²) < 4.78 is 1.74. The van der Waals surface area contributed by atoms with Crippen LogP contribution in [-0.2, 0) is 6.54 Å². The van der Waals surface area contributed by atoms with Crippen molar-refractivity contribution in [3.05, 3.63) is 83.4 Å². The number of carbonyl (C=O) groups excluding carboxylic acids is 1. The summed E-state index contributed by atoms with van der Waals surface area (Å²) in [5.74, 6) is 0.235. The van der Waals surface area contributed by atoms with Gasteiger partial charge in [0.2, 0.25) is 0 Å². The fourth-order valence-corrected chi connectivity index (χ4v) is 2.78. The first-order valence-electron chi connectivity index (χ1n) is 8.21. The topological polar surface area (TPSA) is 88.5 Å². The van der Waals surface area contributed by atoms with Gasteiger partial charge in [-0.2, -0.15) is 10.2 Å². The average Bonchev–Trinajstić information content (AvgIpc) is 3.32. The second kappa shape index (κ2) is 7.43. The van der Waals surface area contributed by atoms with Gasteiger partial charge in [0.25, 0.3) is 5.91 Å². The summed E-state index contributed by atoms with van der Waals surface area (Å²) in [6.45, 7) is 0.587. The maximum Gasteiger partial charge on any atom is 0.256 e. The van der Waals surface area contributed by atoms with Crippen LogP contribution in [-0.4, -0.2) is 30.9 Å². The van der Waals surface area contributed by atoms with E-state index in [0.717, 1.165) is 16.8 Å². The molecule has 3 aromatic heterocycles. The first kappa shape index (κ1) is 17.0. The molecule has 0 atom stereocenters. The third kappa shape index (κ3) is 4.04. The average molecular weight is 379 g/mol. The zero-order valence-corrected chi connectivity index (χ0v) is 14.9. The Morgan fingerprint density at radius 3 is 2.63 bits per heavy atom. The number of H-pyrrole nitrogens is 1. The lowest BCUT2D eigenvalue weighted by atomic mass is 10.1. The van der Waals surface area contributed by atoms with Gasteiger partial charge in [-0.3, -0.25) is 19.6 Å². The van der Waals surface area contributed by atoms with Crippen molar-refractivity contribution in [2.24, 2.45) is 0 Å². The van der Waals surface area contributed by atoms with Gasteiger partial charge in [-0.25, -0.2) is 0 Å². The highest BCUT2D eigenvalue weighted by molar-refractivity contribution is 6.30. The Morgan fingerprint density at radius 2 is 1.93 bits per heavy atom. The Labute approximate surface area is 160 Å². The van der Waals surface area contributed by atoms with Crippen LogP contribution in [0.3, 0.4) is 0 Å². The van der Waals surface area contributed by atoms with Gasteiger partial charge in [0.05, 0.1) is 23.5 Å². The number of carbonyl (C=O) groups is 1. The lowest BCUT2D eigenvalue weighted by molar-refractivity contribution is 0.102. The van der Waals surface area contributed by atoms with Gasteiger partial charge >= 0.3 is 0 Å². The molecule has 0 spiro atoms. The predicted molar refractivity (Wildman–Crippen MR) is 103 cm³/mol. The van der Waals surface area contributed by atoms with Gasteiger partial charge in [0, 0.05) is 35.8 Å². The summed E-state index contributed by atoms with van der Waals surface area (Å²) in [5, 5.41) is 14.6. The molecule has 3 heterocycles. The van der Waals surface area contributed by atoms with Crippen LogP contribution in [0.4, 0.5) is 5.82 Å². The Kier molecular flexibility index (Phi) is 4.67. The molecule has 0 aliphatic heterocycles. The van der Waals surface area contributed by atoms with Crippen LogP contribution in [0, 0.1) is 0 Å². The third-order valence-corrected chi connectivity index (χ3v) is 4.17. The second-order valence-corrected chi connectivity index (χ2v) is 6.35. The standard InChI is InChI=1S/C19H15ClN6O/c20-16-10-22-26(12-16)11-13-1-3-15(4-2-13)19(27)23-18-9-17(24-25-18)14-5-7-21-8-6-14/h1-10,12H,11H2,(H2,23,24,25,27). The van der Waals surface area contributed by atoms with Crippen molar-refractivity contribution in [1.29, 1.82) is 0 Å². The summed E-state index contributed by atoms with van der Waals surface area (Å²) >= 11 is 5.86. The van der Waals surface area contributed by atoms with Crippen molar-refractivity contribution in [3.63, 3.8) is 0 Å². The first-order valence-corrected chi connectivity index (χ1v) is 8.59. The van der Waals surface area contributed by atoms with Gasteiger partial charge in [0.15, 0.2) is 5.82 Å². The van der Waals surface area contributed by atoms with Gasteiger partial charge < -0.3 is 5.32 Å². The van der Waals surface area contributed by atoms with Crippen molar-refractivity contribution >= 4 is 23.3 Å². The van der Waals surface area contributed by atoms with Crippen LogP contribution in [0.5, 0.6) is 0 Å². The minimum Gasteiger partial charge on any atom is -0.305 e. The van der Waals surface area contributed by atoms with E-state index in [1.165, 1.54) is 0 Å². The molecule has 4 rings (SSSR count). The van der Waals surface area contributed by atoms with E-state index in [9.17, 15) is 4.79 Å². The molecule has 134 valence electrons. The molecule has 7 nitrogen and oxygen atoms in total. The quantitative estimate of drug-likeness (QED) is 0.555. The van der Waals surface area contributed by atoms with E-state index in [2.05, 4.69) is 25.6 Å². The van der Waals surface area contributed by atoms with E-state index in [4.69, 9.17) is 11.6 Å². The molecule has 27 heavy (non-hydrogen) atoms. The van der Waals surface area contributed by atoms with E-state index in [1.807, 2.05) is 24.3 Å². The van der Waals surface area contributed by atoms with Crippen LogP contribution in [0.1, 0.15) is 15.9 Å². The molecule has 0 fully saturated rings. The SMILES string of the molecule is O=C(Nc1cc(-c2ccncc2)[nH]n1)c1ccc(Cn2cc(Cl)cn2)cc1. The number of amides is 1. The fourth-order valence-electron chi connectivity index (χ4n) is 2.63. The van der Waals surface area contributed by atoms with E-state index in [0.29, 0.717) is 22.9 Å². The van der Waals surface area contributed by atoms with E-state index in [-0.39, 0.29) is 5.91 Å². The number of aromatic amines is 1. The number of nitrogens with one attached hydrogen (secondary N) is 2. The van der Waals surface area contributed by atoms with Crippen molar-refractivity contribution in [3.8, 4) is 11.3 Å². The molecular weight excluding hydrogens is 364 g/mol. The molecule has 0 aliphatic rings. The largest absolute Gasteiger partial charge is 0.305 e. The molecule has 0 bridgehead atoms. The minimum atomic E-state index is -0.225. The Bertz CT molecular complexity index is 1060. The highest BCUT2D eigenvalue weighted by Gasteiger charge is 2.10. The van der Waals surface area contributed by atoms with Crippen LogP contribution < -0.4 is 5.32 Å². The van der Waals surface area contributed by atoms with Gasteiger partial charge in [0.1, 0.15) is 0 Å². The molecule has 2 N–H and O–H groups in total. The van der Waals surface area contributed by atoms with Crippen LogP contribution in [0.15, 0.2) is 67.3 Å². The number of hydrogen-bond donors (Lipinski definition) is 2. The summed E-state index contributed by atoms with van der Waals surface area (Å²) in [7, 11) is 0. The van der Waals surface area contributed by atoms with E-state index >= 15 is 0 Å². The second-order valence-electron chi connectivity index (χ2n) is 5.91. The number of pyridine rings is 1. The van der Waals surface area contributed by atoms with Crippen molar-refractivity contribution in [1.82, 2.24) is 25.0 Å². The number of nitrogens with zero attached hydrogens (tertiary/aromatic N) is 4. The number of halogens is 1. The third-order valence-electron chi connectivity index (χ3n) is 3.97. The van der Waals surface area contributed by atoms with Crippen molar-refractivity contribution in [2.45, 2.75) is 6.54 Å². The minimum absolute atomic E-state index is 0.225. The summed E-state index contributed by atoms with van der Waals surface area (Å²) in [5.41, 5.74) is 3.32. The molecule has 1 aromatic carbocycles. The fraction of sp³-hybridized carbons (Fsp3) is 0.0526. The van der Waals surface area contributed by atoms with Gasteiger partial charge in [-0.1, -0.05) is 23.7 Å². The van der Waals surface area contributed by atoms with Crippen LogP contribution in [0.25, 0.3) is 11.3 Å². The predicted octanol–water partition coefficient (Wildman–Crippen LogP) is 3.62. The van der Waals surface area contributed by atoms with Gasteiger partial charge in [-0.05, 0) is 29.8 Å². The molecule has 0 unspecified atom stereocenters. The molecule has 4 aromatic rings. The molecular formula is C19H15ClN6O. The Hall–Kier alpha value is -3.45. The van der Waals surface area contributed by atoms with Crippen molar-refractivity contribution < 1.29 is 4.79 Å². The number of hydrogen-bond acceptors (Lipinski definition) is 4. The zero-order chi connectivity index (χ0) is 18.6. The number of aromatic nitrogens is 5. The number of benzene rings is 1. The maximum absolute atomic E-state index is 12.4. The Balaban J connectivity index is 1.42. The number of rotatable bonds is 5. The van der Waals surface area contributed by atoms with Gasteiger partial charge in [-0.15, -0.1) is 0 Å².